The first-order chi connectivity index (χ1) is 12.8. The summed E-state index contributed by atoms with van der Waals surface area (Å²) in [5.41, 5.74) is 7.53. The summed E-state index contributed by atoms with van der Waals surface area (Å²) in [5.74, 6) is -0.0776. The van der Waals surface area contributed by atoms with E-state index in [-0.39, 0.29) is 23.0 Å². The molecule has 3 aromatic rings. The normalized spacial score (nSPS) is 17.9. The Bertz CT molecular complexity index is 1180. The van der Waals surface area contributed by atoms with Crippen molar-refractivity contribution in [3.8, 4) is 18.2 Å². The Kier molecular flexibility index (Phi) is 2.82. The first-order valence-electron chi connectivity index (χ1n) is 8.38. The van der Waals surface area contributed by atoms with E-state index in [4.69, 9.17) is 0 Å². The molecule has 0 amide bonds. The van der Waals surface area contributed by atoms with Gasteiger partial charge < -0.3 is 0 Å². The predicted octanol–water partition coefficient (Wildman–Crippen LogP) is 4.29. The van der Waals surface area contributed by atoms with Gasteiger partial charge in [0.15, 0.2) is 0 Å². The fourth-order valence-electron chi connectivity index (χ4n) is 4.64. The Labute approximate surface area is 151 Å². The lowest BCUT2D eigenvalue weighted by molar-refractivity contribution is 0.751. The van der Waals surface area contributed by atoms with E-state index in [1.165, 1.54) is 22.3 Å². The summed E-state index contributed by atoms with van der Waals surface area (Å²) >= 11 is 0. The Hall–Kier alpha value is -3.87. The Balaban J connectivity index is 1.97. The van der Waals surface area contributed by atoms with Gasteiger partial charge in [-0.25, -0.2) is 0 Å². The lowest BCUT2D eigenvalue weighted by atomic mass is 9.59. The molecule has 3 aliphatic carbocycles. The molecule has 3 aliphatic rings. The van der Waals surface area contributed by atoms with Crippen molar-refractivity contribution in [2.24, 2.45) is 0 Å². The van der Waals surface area contributed by atoms with Gasteiger partial charge in [-0.05, 0) is 39.4 Å². The van der Waals surface area contributed by atoms with E-state index in [1.54, 1.807) is 0 Å². The Morgan fingerprint density at radius 1 is 0.577 bits per heavy atom. The summed E-state index contributed by atoms with van der Waals surface area (Å²) in [6.07, 6.45) is 0. The Morgan fingerprint density at radius 3 is 1.54 bits per heavy atom. The second-order valence-corrected chi connectivity index (χ2v) is 6.64. The maximum atomic E-state index is 9.84. The van der Waals surface area contributed by atoms with E-state index in [0.29, 0.717) is 5.56 Å². The minimum atomic E-state index is -0.0723. The van der Waals surface area contributed by atoms with Crippen LogP contribution in [0.2, 0.25) is 0 Å². The van der Waals surface area contributed by atoms with Gasteiger partial charge in [0.2, 0.25) is 0 Å². The highest BCUT2D eigenvalue weighted by molar-refractivity contribution is 5.74. The zero-order valence-corrected chi connectivity index (χ0v) is 13.7. The van der Waals surface area contributed by atoms with Crippen molar-refractivity contribution in [2.45, 2.75) is 11.8 Å². The molecule has 0 radical (unpaired) electrons. The molecule has 0 N–H and O–H groups in total. The van der Waals surface area contributed by atoms with Gasteiger partial charge in [-0.3, -0.25) is 0 Å². The van der Waals surface area contributed by atoms with Gasteiger partial charge in [0.1, 0.15) is 18.2 Å². The fourth-order valence-corrected chi connectivity index (χ4v) is 4.64. The van der Waals surface area contributed by atoms with Gasteiger partial charge in [-0.15, -0.1) is 0 Å². The minimum Gasteiger partial charge on any atom is -0.192 e. The predicted molar refractivity (Wildman–Crippen MR) is 95.4 cm³/mol. The van der Waals surface area contributed by atoms with Gasteiger partial charge in [0.25, 0.3) is 0 Å². The molecule has 3 heteroatoms. The van der Waals surface area contributed by atoms with Crippen molar-refractivity contribution < 1.29 is 0 Å². The SMILES string of the molecule is N#Cc1cc2c(c(C#N)c1C#N)C1c3ccccc3C2c2ccccc21. The zero-order valence-electron chi connectivity index (χ0n) is 13.7. The fraction of sp³-hybridized carbons (Fsp3) is 0.0870. The molecule has 0 fully saturated rings. The van der Waals surface area contributed by atoms with Crippen molar-refractivity contribution in [1.82, 2.24) is 0 Å². The van der Waals surface area contributed by atoms with Crippen molar-refractivity contribution in [1.29, 1.82) is 15.8 Å². The van der Waals surface area contributed by atoms with Gasteiger partial charge >= 0.3 is 0 Å². The van der Waals surface area contributed by atoms with Crippen LogP contribution in [0.3, 0.4) is 0 Å². The standard InChI is InChI=1S/C23H11N3/c24-10-13-9-18-21-14-5-1-3-7-16(14)22(17-8-4-2-6-15(17)21)23(18)20(12-26)19(13)11-25/h1-9,21-22H. The summed E-state index contributed by atoms with van der Waals surface area (Å²) in [6, 6.07) is 24.8. The van der Waals surface area contributed by atoms with E-state index >= 15 is 0 Å². The third kappa shape index (κ3) is 1.59. The maximum Gasteiger partial charge on any atom is 0.102 e. The smallest absolute Gasteiger partial charge is 0.102 e. The lowest BCUT2D eigenvalue weighted by Gasteiger charge is -2.42. The molecule has 0 spiro atoms. The zero-order chi connectivity index (χ0) is 17.8. The summed E-state index contributed by atoms with van der Waals surface area (Å²) in [7, 11) is 0. The van der Waals surface area contributed by atoms with Crippen LogP contribution in [0.15, 0.2) is 54.6 Å². The van der Waals surface area contributed by atoms with Crippen LogP contribution < -0.4 is 0 Å². The van der Waals surface area contributed by atoms with Crippen molar-refractivity contribution >= 4 is 0 Å². The minimum absolute atomic E-state index is 0.00524. The molecule has 0 aromatic heterocycles. The van der Waals surface area contributed by atoms with E-state index in [1.807, 2.05) is 30.3 Å². The summed E-state index contributed by atoms with van der Waals surface area (Å²) in [5, 5.41) is 28.9. The van der Waals surface area contributed by atoms with Gasteiger partial charge in [-0.2, -0.15) is 15.8 Å². The summed E-state index contributed by atoms with van der Waals surface area (Å²) in [6.45, 7) is 0. The molecule has 3 aromatic carbocycles. The number of benzene rings is 3. The highest BCUT2D eigenvalue weighted by Crippen LogP contribution is 2.56. The van der Waals surface area contributed by atoms with Crippen LogP contribution in [-0.2, 0) is 0 Å². The largest absolute Gasteiger partial charge is 0.192 e. The topological polar surface area (TPSA) is 71.4 Å². The molecule has 0 heterocycles. The molecular weight excluding hydrogens is 318 g/mol. The lowest BCUT2D eigenvalue weighted by Crippen LogP contribution is -2.29. The number of nitriles is 3. The van der Waals surface area contributed by atoms with Gasteiger partial charge in [0.05, 0.1) is 16.7 Å². The highest BCUT2D eigenvalue weighted by Gasteiger charge is 2.43. The van der Waals surface area contributed by atoms with Crippen LogP contribution in [0.1, 0.15) is 61.9 Å². The molecule has 26 heavy (non-hydrogen) atoms. The molecule has 0 unspecified atom stereocenters. The molecule has 0 saturated carbocycles. The van der Waals surface area contributed by atoms with E-state index < -0.39 is 0 Å². The average molecular weight is 329 g/mol. The molecule has 118 valence electrons. The average Bonchev–Trinajstić information content (AvgIpc) is 2.71. The number of nitrogens with zero attached hydrogens (tertiary/aromatic N) is 3. The van der Waals surface area contributed by atoms with Crippen LogP contribution in [0.5, 0.6) is 0 Å². The second-order valence-electron chi connectivity index (χ2n) is 6.64. The molecule has 0 atom stereocenters. The molecule has 3 nitrogen and oxygen atoms in total. The molecule has 0 saturated heterocycles. The van der Waals surface area contributed by atoms with Gasteiger partial charge in [-0.1, -0.05) is 48.5 Å². The van der Waals surface area contributed by atoms with Crippen molar-refractivity contribution in [3.05, 3.63) is 105 Å². The molecular formula is C23H11N3. The van der Waals surface area contributed by atoms with Crippen LogP contribution in [0.25, 0.3) is 0 Å². The second kappa shape index (κ2) is 5.06. The quantitative estimate of drug-likeness (QED) is 0.425. The maximum absolute atomic E-state index is 9.84. The van der Waals surface area contributed by atoms with E-state index in [0.717, 1.165) is 11.1 Å². The van der Waals surface area contributed by atoms with Crippen LogP contribution in [0.4, 0.5) is 0 Å². The molecule has 2 bridgehead atoms. The van der Waals surface area contributed by atoms with Crippen LogP contribution in [-0.4, -0.2) is 0 Å². The third-order valence-corrected chi connectivity index (χ3v) is 5.58. The van der Waals surface area contributed by atoms with Crippen LogP contribution >= 0.6 is 0 Å². The van der Waals surface area contributed by atoms with E-state index in [9.17, 15) is 15.8 Å². The van der Waals surface area contributed by atoms with E-state index in [2.05, 4.69) is 42.5 Å². The number of hydrogen-bond acceptors (Lipinski definition) is 3. The van der Waals surface area contributed by atoms with Gasteiger partial charge in [0, 0.05) is 11.8 Å². The Morgan fingerprint density at radius 2 is 1.08 bits per heavy atom. The van der Waals surface area contributed by atoms with Crippen LogP contribution in [0, 0.1) is 34.0 Å². The number of hydrogen-bond donors (Lipinski definition) is 0. The number of rotatable bonds is 0. The van der Waals surface area contributed by atoms with Crippen molar-refractivity contribution in [3.63, 3.8) is 0 Å². The third-order valence-electron chi connectivity index (χ3n) is 5.58. The van der Waals surface area contributed by atoms with Crippen molar-refractivity contribution in [2.75, 3.05) is 0 Å². The highest BCUT2D eigenvalue weighted by atomic mass is 14.5. The first-order valence-corrected chi connectivity index (χ1v) is 8.38. The molecule has 6 rings (SSSR count). The first kappa shape index (κ1) is 14.5. The summed E-state index contributed by atoms with van der Waals surface area (Å²) < 4.78 is 0. The monoisotopic (exact) mass is 329 g/mol. The molecule has 0 aliphatic heterocycles. The summed E-state index contributed by atoms with van der Waals surface area (Å²) in [4.78, 5) is 0.